The molecule has 0 saturated heterocycles. The first-order chi connectivity index (χ1) is 11.9. The molecule has 9 heteroatoms. The highest BCUT2D eigenvalue weighted by Gasteiger charge is 2.59. The lowest BCUT2D eigenvalue weighted by molar-refractivity contribution is -0.284. The van der Waals surface area contributed by atoms with Crippen LogP contribution in [0.15, 0.2) is 23.2 Å². The standard InChI is InChI=1S/C16H16ClF3N4O/c17-11-4-5-13-12(6-11)15(16(18,19)20,25-7-10-2-1-3-10)8-22-14(24-13)23-9-21/h4-6,10H,1-3,7-8H2,(H2,22,23,24). The van der Waals surface area contributed by atoms with E-state index in [2.05, 4.69) is 15.6 Å². The van der Waals surface area contributed by atoms with Crippen molar-refractivity contribution in [2.45, 2.75) is 31.0 Å². The van der Waals surface area contributed by atoms with Gasteiger partial charge in [-0.15, -0.1) is 0 Å². The van der Waals surface area contributed by atoms with Crippen molar-refractivity contribution in [3.8, 4) is 6.19 Å². The minimum atomic E-state index is -4.70. The third kappa shape index (κ3) is 3.39. The maximum Gasteiger partial charge on any atom is 0.423 e. The molecule has 1 aromatic rings. The van der Waals surface area contributed by atoms with E-state index in [4.69, 9.17) is 21.6 Å². The number of halogens is 4. The Morgan fingerprint density at radius 3 is 2.80 bits per heavy atom. The number of anilines is 1. The zero-order valence-corrected chi connectivity index (χ0v) is 13.9. The Morgan fingerprint density at radius 2 is 2.20 bits per heavy atom. The van der Waals surface area contributed by atoms with Gasteiger partial charge >= 0.3 is 6.18 Å². The highest BCUT2D eigenvalue weighted by molar-refractivity contribution is 6.30. The Kier molecular flexibility index (Phi) is 4.80. The van der Waals surface area contributed by atoms with Crippen LogP contribution in [-0.2, 0) is 10.3 Å². The first kappa shape index (κ1) is 17.8. The Balaban J connectivity index is 2.07. The summed E-state index contributed by atoms with van der Waals surface area (Å²) in [7, 11) is 0. The van der Waals surface area contributed by atoms with Gasteiger partial charge in [0.25, 0.3) is 0 Å². The summed E-state index contributed by atoms with van der Waals surface area (Å²) < 4.78 is 47.9. The average Bonchev–Trinajstić information content (AvgIpc) is 2.64. The van der Waals surface area contributed by atoms with Gasteiger partial charge in [0.05, 0.1) is 13.2 Å². The molecule has 0 bridgehead atoms. The van der Waals surface area contributed by atoms with Gasteiger partial charge in [0, 0.05) is 16.3 Å². The van der Waals surface area contributed by atoms with E-state index in [9.17, 15) is 13.2 Å². The molecular formula is C16H16ClF3N4O. The van der Waals surface area contributed by atoms with Crippen molar-refractivity contribution < 1.29 is 17.9 Å². The van der Waals surface area contributed by atoms with Crippen LogP contribution in [0.2, 0.25) is 5.02 Å². The summed E-state index contributed by atoms with van der Waals surface area (Å²) >= 11 is 5.95. The first-order valence-corrected chi connectivity index (χ1v) is 8.21. The van der Waals surface area contributed by atoms with Gasteiger partial charge in [-0.25, -0.2) is 4.99 Å². The molecule has 1 aromatic carbocycles. The van der Waals surface area contributed by atoms with Gasteiger partial charge in [0.2, 0.25) is 11.6 Å². The predicted molar refractivity (Wildman–Crippen MR) is 87.2 cm³/mol. The number of fused-ring (bicyclic) bond motifs is 1. The molecule has 25 heavy (non-hydrogen) atoms. The Bertz CT molecular complexity index is 727. The van der Waals surface area contributed by atoms with Crippen LogP contribution < -0.4 is 10.6 Å². The smallest absolute Gasteiger partial charge is 0.359 e. The van der Waals surface area contributed by atoms with E-state index in [1.807, 2.05) is 0 Å². The number of nitriles is 1. The first-order valence-electron chi connectivity index (χ1n) is 7.83. The monoisotopic (exact) mass is 372 g/mol. The van der Waals surface area contributed by atoms with Gasteiger partial charge in [-0.05, 0) is 37.0 Å². The summed E-state index contributed by atoms with van der Waals surface area (Å²) in [5.41, 5.74) is -2.60. The number of rotatable bonds is 3. The SMILES string of the molecule is N#CNC1=NCC(OCC2CCC2)(C(F)(F)F)c2cc(Cl)ccc2N1. The molecule has 1 aliphatic carbocycles. The molecule has 0 amide bonds. The number of nitrogens with one attached hydrogen (secondary N) is 2. The minimum Gasteiger partial charge on any atom is -0.359 e. The number of hydrogen-bond acceptors (Lipinski definition) is 5. The highest BCUT2D eigenvalue weighted by atomic mass is 35.5. The summed E-state index contributed by atoms with van der Waals surface area (Å²) in [5, 5.41) is 13.9. The predicted octanol–water partition coefficient (Wildman–Crippen LogP) is 3.77. The summed E-state index contributed by atoms with van der Waals surface area (Å²) in [6.07, 6.45) is -0.329. The fourth-order valence-corrected chi connectivity index (χ4v) is 3.07. The molecule has 1 atom stereocenters. The largest absolute Gasteiger partial charge is 0.423 e. The van der Waals surface area contributed by atoms with E-state index in [1.54, 1.807) is 6.19 Å². The maximum absolute atomic E-state index is 14.1. The number of hydrogen-bond donors (Lipinski definition) is 2. The molecule has 134 valence electrons. The number of aliphatic imine (C=N–C) groups is 1. The van der Waals surface area contributed by atoms with Crippen LogP contribution in [0.3, 0.4) is 0 Å². The van der Waals surface area contributed by atoms with Crippen LogP contribution in [0.25, 0.3) is 0 Å². The van der Waals surface area contributed by atoms with Gasteiger partial charge in [-0.2, -0.15) is 18.4 Å². The Morgan fingerprint density at radius 1 is 1.44 bits per heavy atom. The molecule has 0 aromatic heterocycles. The van der Waals surface area contributed by atoms with Gasteiger partial charge < -0.3 is 10.1 Å². The fraction of sp³-hybridized carbons (Fsp3) is 0.500. The lowest BCUT2D eigenvalue weighted by Gasteiger charge is -2.37. The Hall–Kier alpha value is -1.98. The second-order valence-corrected chi connectivity index (χ2v) is 6.59. The number of ether oxygens (including phenoxy) is 1. The molecule has 1 unspecified atom stereocenters. The van der Waals surface area contributed by atoms with E-state index in [-0.39, 0.29) is 34.8 Å². The zero-order valence-electron chi connectivity index (χ0n) is 13.2. The van der Waals surface area contributed by atoms with Crippen LogP contribution in [0.1, 0.15) is 24.8 Å². The second-order valence-electron chi connectivity index (χ2n) is 6.15. The number of alkyl halides is 3. The van der Waals surface area contributed by atoms with Crippen molar-refractivity contribution in [2.24, 2.45) is 10.9 Å². The molecule has 5 nitrogen and oxygen atoms in total. The lowest BCUT2D eigenvalue weighted by atomic mass is 9.85. The third-order valence-corrected chi connectivity index (χ3v) is 4.79. The molecule has 1 heterocycles. The molecule has 0 spiro atoms. The molecule has 2 N–H and O–H groups in total. The van der Waals surface area contributed by atoms with E-state index < -0.39 is 18.3 Å². The van der Waals surface area contributed by atoms with E-state index in [0.29, 0.717) is 0 Å². The van der Waals surface area contributed by atoms with Crippen LogP contribution in [-0.4, -0.2) is 25.3 Å². The third-order valence-electron chi connectivity index (χ3n) is 4.55. The number of guanidine groups is 1. The summed E-state index contributed by atoms with van der Waals surface area (Å²) in [5.74, 6) is 0.0585. The van der Waals surface area contributed by atoms with Crippen LogP contribution in [0, 0.1) is 17.4 Å². The van der Waals surface area contributed by atoms with Crippen LogP contribution in [0.5, 0.6) is 0 Å². The Labute approximate surface area is 147 Å². The maximum atomic E-state index is 14.1. The molecular weight excluding hydrogens is 357 g/mol. The normalized spacial score (nSPS) is 23.4. The van der Waals surface area contributed by atoms with Crippen molar-refractivity contribution in [3.63, 3.8) is 0 Å². The van der Waals surface area contributed by atoms with Gasteiger partial charge in [0.15, 0.2) is 6.19 Å². The minimum absolute atomic E-state index is 0.00198. The van der Waals surface area contributed by atoms with Crippen molar-refractivity contribution in [2.75, 3.05) is 18.5 Å². The fourth-order valence-electron chi connectivity index (χ4n) is 2.89. The van der Waals surface area contributed by atoms with Crippen LogP contribution in [0.4, 0.5) is 18.9 Å². The lowest BCUT2D eigenvalue weighted by Crippen LogP contribution is -2.48. The zero-order chi connectivity index (χ0) is 18.1. The van der Waals surface area contributed by atoms with E-state index in [1.165, 1.54) is 18.2 Å². The summed E-state index contributed by atoms with van der Waals surface area (Å²) in [4.78, 5) is 3.88. The van der Waals surface area contributed by atoms with Crippen molar-refractivity contribution in [1.82, 2.24) is 5.32 Å². The van der Waals surface area contributed by atoms with E-state index >= 15 is 0 Å². The van der Waals surface area contributed by atoms with Crippen molar-refractivity contribution >= 4 is 23.2 Å². The van der Waals surface area contributed by atoms with Crippen molar-refractivity contribution in [1.29, 1.82) is 5.26 Å². The van der Waals surface area contributed by atoms with Gasteiger partial charge in [-0.1, -0.05) is 18.0 Å². The second kappa shape index (κ2) is 6.73. The highest BCUT2D eigenvalue weighted by Crippen LogP contribution is 2.47. The topological polar surface area (TPSA) is 69.4 Å². The summed E-state index contributed by atoms with van der Waals surface area (Å²) in [6, 6.07) is 4.13. The molecule has 2 aliphatic rings. The molecule has 1 fully saturated rings. The molecule has 0 radical (unpaired) electrons. The van der Waals surface area contributed by atoms with Gasteiger partial charge in [0.1, 0.15) is 0 Å². The molecule has 1 saturated carbocycles. The molecule has 3 rings (SSSR count). The number of nitrogens with zero attached hydrogens (tertiary/aromatic N) is 2. The quantitative estimate of drug-likeness (QED) is 0.626. The summed E-state index contributed by atoms with van der Waals surface area (Å²) in [6.45, 7) is -0.699. The number of benzene rings is 1. The van der Waals surface area contributed by atoms with Gasteiger partial charge in [-0.3, -0.25) is 5.32 Å². The van der Waals surface area contributed by atoms with Crippen LogP contribution >= 0.6 is 11.6 Å². The van der Waals surface area contributed by atoms with Crippen molar-refractivity contribution in [3.05, 3.63) is 28.8 Å². The average molecular weight is 373 g/mol. The molecule has 1 aliphatic heterocycles. The van der Waals surface area contributed by atoms with E-state index in [0.717, 1.165) is 19.3 Å².